The minimum absolute atomic E-state index is 0.0395. The Morgan fingerprint density at radius 3 is 1.76 bits per heavy atom. The van der Waals surface area contributed by atoms with E-state index >= 15 is 0 Å². The van der Waals surface area contributed by atoms with Crippen LogP contribution in [-0.4, -0.2) is 34.3 Å². The fourth-order valence-corrected chi connectivity index (χ4v) is 4.04. The van der Waals surface area contributed by atoms with E-state index in [2.05, 4.69) is 4.43 Å². The van der Waals surface area contributed by atoms with E-state index in [1.807, 2.05) is 0 Å². The average molecular weight is 330 g/mol. The highest BCUT2D eigenvalue weighted by atomic mass is 28.4. The van der Waals surface area contributed by atoms with Gasteiger partial charge in [-0.15, -0.1) is 0 Å². The summed E-state index contributed by atoms with van der Waals surface area (Å²) in [4.78, 5) is 0. The molecule has 0 heterocycles. The van der Waals surface area contributed by atoms with E-state index in [9.17, 15) is 22.0 Å². The van der Waals surface area contributed by atoms with E-state index in [1.54, 1.807) is 6.07 Å². The quantitative estimate of drug-likeness (QED) is 0.568. The van der Waals surface area contributed by atoms with Gasteiger partial charge in [-0.3, -0.25) is 0 Å². The molecule has 9 heteroatoms. The van der Waals surface area contributed by atoms with E-state index in [4.69, 9.17) is 8.85 Å². The SMILES string of the molecule is CCO[Si](OCC)(OC(F)(F)C(F)(F)F)c1ccccc1. The first-order chi connectivity index (χ1) is 9.68. The van der Waals surface area contributed by atoms with E-state index in [-0.39, 0.29) is 18.4 Å². The van der Waals surface area contributed by atoms with Gasteiger partial charge in [0.25, 0.3) is 0 Å². The smallest absolute Gasteiger partial charge is 0.370 e. The van der Waals surface area contributed by atoms with E-state index in [1.165, 1.54) is 38.1 Å². The maximum Gasteiger partial charge on any atom is 0.541 e. The first-order valence-electron chi connectivity index (χ1n) is 6.16. The number of hydrogen-bond donors (Lipinski definition) is 0. The molecule has 0 radical (unpaired) electrons. The highest BCUT2D eigenvalue weighted by Gasteiger charge is 2.65. The molecular weight excluding hydrogens is 315 g/mol. The molecule has 0 atom stereocenters. The molecule has 0 saturated carbocycles. The zero-order valence-corrected chi connectivity index (χ0v) is 12.4. The molecule has 1 aromatic carbocycles. The summed E-state index contributed by atoms with van der Waals surface area (Å²) in [6.07, 6.45) is -11.2. The summed E-state index contributed by atoms with van der Waals surface area (Å²) in [7, 11) is -4.39. The molecule has 0 amide bonds. The molecule has 0 aromatic heterocycles. The van der Waals surface area contributed by atoms with Crippen LogP contribution < -0.4 is 5.19 Å². The summed E-state index contributed by atoms with van der Waals surface area (Å²) in [5, 5.41) is 0.0395. The molecule has 0 unspecified atom stereocenters. The molecule has 0 bridgehead atoms. The lowest BCUT2D eigenvalue weighted by atomic mass is 10.4. The van der Waals surface area contributed by atoms with E-state index in [0.717, 1.165) is 0 Å². The van der Waals surface area contributed by atoms with Gasteiger partial charge in [-0.2, -0.15) is 22.0 Å². The zero-order chi connectivity index (χ0) is 16.1. The Labute approximate surface area is 120 Å². The molecule has 0 N–H and O–H groups in total. The largest absolute Gasteiger partial charge is 0.541 e. The summed E-state index contributed by atoms with van der Waals surface area (Å²) in [6, 6.07) is 7.21. The summed E-state index contributed by atoms with van der Waals surface area (Å²) in [5.74, 6) is 0. The topological polar surface area (TPSA) is 27.7 Å². The third-order valence-electron chi connectivity index (χ3n) is 2.39. The molecule has 0 fully saturated rings. The van der Waals surface area contributed by atoms with Crippen LogP contribution in [0.5, 0.6) is 0 Å². The standard InChI is InChI=1S/C12H15F5O3Si/c1-3-18-21(19-4-2,10-8-6-5-7-9-10)20-12(16,17)11(13,14)15/h5-9H,3-4H2,1-2H3. The highest BCUT2D eigenvalue weighted by Crippen LogP contribution is 2.38. The molecule has 21 heavy (non-hydrogen) atoms. The van der Waals surface area contributed by atoms with Crippen molar-refractivity contribution in [2.24, 2.45) is 0 Å². The average Bonchev–Trinajstić information content (AvgIpc) is 2.38. The molecule has 3 nitrogen and oxygen atoms in total. The lowest BCUT2D eigenvalue weighted by Crippen LogP contribution is -2.62. The van der Waals surface area contributed by atoms with Crippen molar-refractivity contribution in [3.05, 3.63) is 30.3 Å². The number of halogens is 5. The van der Waals surface area contributed by atoms with Crippen LogP contribution in [0.4, 0.5) is 22.0 Å². The Kier molecular flexibility index (Phi) is 5.85. The van der Waals surface area contributed by atoms with Gasteiger partial charge in [-0.05, 0) is 13.8 Å². The Hall–Kier alpha value is -1.03. The summed E-state index contributed by atoms with van der Waals surface area (Å²) in [6.45, 7) is 2.65. The number of rotatable bonds is 7. The molecule has 1 rings (SSSR count). The molecule has 1 aromatic rings. The maximum absolute atomic E-state index is 13.3. The van der Waals surface area contributed by atoms with Crippen molar-refractivity contribution in [3.8, 4) is 0 Å². The number of alkyl halides is 5. The lowest BCUT2D eigenvalue weighted by molar-refractivity contribution is -0.372. The molecule has 0 saturated heterocycles. The van der Waals surface area contributed by atoms with Gasteiger partial charge < -0.3 is 13.3 Å². The number of hydrogen-bond acceptors (Lipinski definition) is 3. The van der Waals surface area contributed by atoms with Crippen LogP contribution in [0, 0.1) is 0 Å². The fourth-order valence-electron chi connectivity index (χ4n) is 1.58. The summed E-state index contributed by atoms with van der Waals surface area (Å²) >= 11 is 0. The predicted octanol–water partition coefficient (Wildman–Crippen LogP) is 3.08. The van der Waals surface area contributed by atoms with Gasteiger partial charge in [-0.25, -0.2) is 0 Å². The van der Waals surface area contributed by atoms with Crippen molar-refractivity contribution in [3.63, 3.8) is 0 Å². The van der Waals surface area contributed by atoms with Gasteiger partial charge >= 0.3 is 21.1 Å². The molecular formula is C12H15F5O3Si. The minimum atomic E-state index is -5.85. The van der Waals surface area contributed by atoms with Gasteiger partial charge in [0.2, 0.25) is 0 Å². The second-order valence-electron chi connectivity index (χ2n) is 3.90. The maximum atomic E-state index is 13.3. The Bertz CT molecular complexity index is 432. The van der Waals surface area contributed by atoms with Crippen LogP contribution in [-0.2, 0) is 13.3 Å². The first kappa shape index (κ1) is 18.0. The Morgan fingerprint density at radius 2 is 1.38 bits per heavy atom. The van der Waals surface area contributed by atoms with Crippen LogP contribution in [0.15, 0.2) is 30.3 Å². The van der Waals surface area contributed by atoms with Crippen molar-refractivity contribution in [2.45, 2.75) is 26.1 Å². The van der Waals surface area contributed by atoms with E-state index < -0.39 is 21.1 Å². The Balaban J connectivity index is 3.25. The third kappa shape index (κ3) is 4.22. The van der Waals surface area contributed by atoms with Crippen molar-refractivity contribution >= 4 is 14.0 Å². The van der Waals surface area contributed by atoms with Crippen LogP contribution in [0.25, 0.3) is 0 Å². The van der Waals surface area contributed by atoms with Gasteiger partial charge in [0.1, 0.15) is 0 Å². The van der Waals surface area contributed by atoms with Gasteiger partial charge in [0.05, 0.1) is 0 Å². The lowest BCUT2D eigenvalue weighted by Gasteiger charge is -2.33. The highest BCUT2D eigenvalue weighted by molar-refractivity contribution is 6.75. The minimum Gasteiger partial charge on any atom is -0.370 e. The second kappa shape index (κ2) is 6.82. The predicted molar refractivity (Wildman–Crippen MR) is 67.2 cm³/mol. The molecule has 120 valence electrons. The molecule has 0 spiro atoms. The van der Waals surface area contributed by atoms with Crippen molar-refractivity contribution < 1.29 is 35.2 Å². The molecule has 0 aliphatic rings. The van der Waals surface area contributed by atoms with Crippen LogP contribution in [0.1, 0.15) is 13.8 Å². The third-order valence-corrected chi connectivity index (χ3v) is 5.29. The first-order valence-corrected chi connectivity index (χ1v) is 7.89. The summed E-state index contributed by atoms with van der Waals surface area (Å²) < 4.78 is 78.1. The van der Waals surface area contributed by atoms with Gasteiger partial charge in [0, 0.05) is 18.4 Å². The zero-order valence-electron chi connectivity index (χ0n) is 11.4. The van der Waals surface area contributed by atoms with Crippen molar-refractivity contribution in [1.29, 1.82) is 0 Å². The number of benzene rings is 1. The monoisotopic (exact) mass is 330 g/mol. The van der Waals surface area contributed by atoms with Crippen LogP contribution in [0.2, 0.25) is 0 Å². The van der Waals surface area contributed by atoms with Gasteiger partial charge in [-0.1, -0.05) is 30.3 Å². The second-order valence-corrected chi connectivity index (χ2v) is 6.38. The van der Waals surface area contributed by atoms with Crippen LogP contribution >= 0.6 is 0 Å². The van der Waals surface area contributed by atoms with Crippen LogP contribution in [0.3, 0.4) is 0 Å². The van der Waals surface area contributed by atoms with Crippen molar-refractivity contribution in [2.75, 3.05) is 13.2 Å². The normalized spacial score (nSPS) is 13.5. The Morgan fingerprint density at radius 1 is 0.905 bits per heavy atom. The fraction of sp³-hybridized carbons (Fsp3) is 0.500. The van der Waals surface area contributed by atoms with E-state index in [0.29, 0.717) is 0 Å². The molecule has 0 aliphatic heterocycles. The van der Waals surface area contributed by atoms with Crippen molar-refractivity contribution in [1.82, 2.24) is 0 Å². The van der Waals surface area contributed by atoms with Gasteiger partial charge in [0.15, 0.2) is 0 Å². The molecule has 0 aliphatic carbocycles. The summed E-state index contributed by atoms with van der Waals surface area (Å²) in [5.41, 5.74) is 0.